The highest BCUT2D eigenvalue weighted by molar-refractivity contribution is 5.86. The molecule has 10 heteroatoms. The van der Waals surface area contributed by atoms with Gasteiger partial charge in [-0.1, -0.05) is 5.16 Å². The first-order valence-electron chi connectivity index (χ1n) is 10.8. The predicted octanol–water partition coefficient (Wildman–Crippen LogP) is 5.59. The van der Waals surface area contributed by atoms with Gasteiger partial charge in [0.1, 0.15) is 28.6 Å². The summed E-state index contributed by atoms with van der Waals surface area (Å²) in [5.41, 5.74) is 0.733. The number of nitrogens with zero attached hydrogens (tertiary/aromatic N) is 3. The Morgan fingerprint density at radius 2 is 1.80 bits per heavy atom. The summed E-state index contributed by atoms with van der Waals surface area (Å²) >= 11 is 0. The molecule has 0 unspecified atom stereocenters. The summed E-state index contributed by atoms with van der Waals surface area (Å²) in [6.07, 6.45) is -0.894. The average Bonchev–Trinajstić information content (AvgIpc) is 3.07. The van der Waals surface area contributed by atoms with E-state index in [2.05, 4.69) is 15.5 Å². The third-order valence-corrected chi connectivity index (χ3v) is 5.25. The van der Waals surface area contributed by atoms with Crippen LogP contribution in [0.4, 0.5) is 19.3 Å². The standard InChI is InChI=1S/C25H24F2N4O4/c1-12-9-21(32)15-7-8-18(22-13(2)30-35-14(22)3)28-23(15)31(12)20-11-19(16(26)10-17(20)27)29-24(33)34-25(4,5)6/h7-11H,1-6H3,(H,29,33). The maximum atomic E-state index is 15.1. The topological polar surface area (TPSA) is 99.2 Å². The number of rotatable bonds is 3. The minimum atomic E-state index is -0.982. The van der Waals surface area contributed by atoms with Gasteiger partial charge in [0.05, 0.1) is 33.7 Å². The van der Waals surface area contributed by atoms with Crippen molar-refractivity contribution in [2.75, 3.05) is 5.32 Å². The molecule has 0 aliphatic carbocycles. The normalized spacial score (nSPS) is 11.7. The molecule has 1 aromatic carbocycles. The molecular weight excluding hydrogens is 458 g/mol. The van der Waals surface area contributed by atoms with E-state index in [0.29, 0.717) is 34.5 Å². The largest absolute Gasteiger partial charge is 0.444 e. The first-order chi connectivity index (χ1) is 16.4. The fourth-order valence-electron chi connectivity index (χ4n) is 3.82. The molecule has 35 heavy (non-hydrogen) atoms. The third kappa shape index (κ3) is 4.64. The molecule has 1 N–H and O–H groups in total. The maximum Gasteiger partial charge on any atom is 0.412 e. The Morgan fingerprint density at radius 1 is 1.09 bits per heavy atom. The fraction of sp³-hybridized carbons (Fsp3) is 0.280. The van der Waals surface area contributed by atoms with Crippen molar-refractivity contribution in [2.24, 2.45) is 0 Å². The number of fused-ring (bicyclic) bond motifs is 1. The minimum Gasteiger partial charge on any atom is -0.444 e. The van der Waals surface area contributed by atoms with Gasteiger partial charge in [0, 0.05) is 17.8 Å². The number of ether oxygens (including phenoxy) is 1. The van der Waals surface area contributed by atoms with E-state index < -0.39 is 23.3 Å². The summed E-state index contributed by atoms with van der Waals surface area (Å²) in [5.74, 6) is -1.35. The number of pyridine rings is 2. The highest BCUT2D eigenvalue weighted by Gasteiger charge is 2.21. The van der Waals surface area contributed by atoms with Crippen LogP contribution in [0, 0.1) is 32.4 Å². The Bertz CT molecular complexity index is 1510. The lowest BCUT2D eigenvalue weighted by Crippen LogP contribution is -2.27. The number of carbonyl (C=O) groups is 1. The second kappa shape index (κ2) is 8.61. The molecule has 0 radical (unpaired) electrons. The molecule has 0 bridgehead atoms. The molecule has 8 nitrogen and oxygen atoms in total. The van der Waals surface area contributed by atoms with Gasteiger partial charge in [-0.15, -0.1) is 0 Å². The van der Waals surface area contributed by atoms with Crippen LogP contribution in [0.25, 0.3) is 28.0 Å². The predicted molar refractivity (Wildman–Crippen MR) is 127 cm³/mol. The van der Waals surface area contributed by atoms with E-state index >= 15 is 4.39 Å². The molecule has 0 saturated heterocycles. The summed E-state index contributed by atoms with van der Waals surface area (Å²) in [6, 6.07) is 6.37. The van der Waals surface area contributed by atoms with Crippen molar-refractivity contribution < 1.29 is 22.8 Å². The number of aromatic nitrogens is 3. The summed E-state index contributed by atoms with van der Waals surface area (Å²) in [5, 5.41) is 6.48. The van der Waals surface area contributed by atoms with Crippen molar-refractivity contribution in [2.45, 2.75) is 47.1 Å². The smallest absolute Gasteiger partial charge is 0.412 e. The lowest BCUT2D eigenvalue weighted by atomic mass is 10.1. The number of benzene rings is 1. The van der Waals surface area contributed by atoms with Gasteiger partial charge in [-0.25, -0.2) is 18.6 Å². The molecule has 1 amide bonds. The van der Waals surface area contributed by atoms with Crippen LogP contribution in [0.1, 0.15) is 37.9 Å². The second-order valence-electron chi connectivity index (χ2n) is 9.16. The number of anilines is 1. The average molecular weight is 482 g/mol. The van der Waals surface area contributed by atoms with Gasteiger partial charge in [0.25, 0.3) is 0 Å². The van der Waals surface area contributed by atoms with Crippen molar-refractivity contribution in [3.8, 4) is 16.9 Å². The lowest BCUT2D eigenvalue weighted by molar-refractivity contribution is 0.0635. The second-order valence-corrected chi connectivity index (χ2v) is 9.16. The summed E-state index contributed by atoms with van der Waals surface area (Å²) in [4.78, 5) is 29.5. The van der Waals surface area contributed by atoms with Gasteiger partial charge < -0.3 is 9.26 Å². The monoisotopic (exact) mass is 482 g/mol. The first kappa shape index (κ1) is 24.1. The number of nitrogens with one attached hydrogen (secondary N) is 1. The molecule has 0 atom stereocenters. The van der Waals surface area contributed by atoms with Crippen LogP contribution >= 0.6 is 0 Å². The van der Waals surface area contributed by atoms with E-state index in [-0.39, 0.29) is 27.8 Å². The van der Waals surface area contributed by atoms with Crippen molar-refractivity contribution in [1.82, 2.24) is 14.7 Å². The molecular formula is C25H24F2N4O4. The van der Waals surface area contributed by atoms with Gasteiger partial charge >= 0.3 is 6.09 Å². The number of halogens is 2. The molecule has 3 heterocycles. The molecule has 0 saturated carbocycles. The van der Waals surface area contributed by atoms with Gasteiger partial charge in [0.15, 0.2) is 5.43 Å². The molecule has 0 fully saturated rings. The number of amides is 1. The zero-order valence-electron chi connectivity index (χ0n) is 20.1. The van der Waals surface area contributed by atoms with Gasteiger partial charge in [-0.2, -0.15) is 0 Å². The minimum absolute atomic E-state index is 0.108. The zero-order valence-corrected chi connectivity index (χ0v) is 20.1. The fourth-order valence-corrected chi connectivity index (χ4v) is 3.82. The Labute approximate surface area is 199 Å². The maximum absolute atomic E-state index is 15.1. The van der Waals surface area contributed by atoms with Crippen LogP contribution in [0.15, 0.2) is 39.6 Å². The molecule has 4 rings (SSSR count). The van der Waals surface area contributed by atoms with E-state index in [1.807, 2.05) is 0 Å². The lowest BCUT2D eigenvalue weighted by Gasteiger charge is -2.20. The zero-order chi connectivity index (χ0) is 25.7. The van der Waals surface area contributed by atoms with E-state index in [9.17, 15) is 14.0 Å². The van der Waals surface area contributed by atoms with Gasteiger partial charge in [0.2, 0.25) is 0 Å². The Hall–Kier alpha value is -4.08. The van der Waals surface area contributed by atoms with E-state index in [4.69, 9.17) is 9.26 Å². The summed E-state index contributed by atoms with van der Waals surface area (Å²) in [6.45, 7) is 10.1. The molecule has 182 valence electrons. The number of carbonyl (C=O) groups excluding carboxylic acids is 1. The van der Waals surface area contributed by atoms with Crippen LogP contribution in [0.3, 0.4) is 0 Å². The van der Waals surface area contributed by atoms with E-state index in [0.717, 1.165) is 6.07 Å². The van der Waals surface area contributed by atoms with Crippen LogP contribution in [-0.4, -0.2) is 26.4 Å². The first-order valence-corrected chi connectivity index (χ1v) is 10.8. The quantitative estimate of drug-likeness (QED) is 0.409. The van der Waals surface area contributed by atoms with Crippen molar-refractivity contribution in [3.05, 3.63) is 69.3 Å². The molecule has 4 aromatic rings. The molecule has 3 aromatic heterocycles. The molecule has 0 aliphatic rings. The Kier molecular flexibility index (Phi) is 5.92. The van der Waals surface area contributed by atoms with Crippen LogP contribution < -0.4 is 10.7 Å². The SMILES string of the molecule is Cc1noc(C)c1-c1ccc2c(=O)cc(C)n(-c3cc(NC(=O)OC(C)(C)C)c(F)cc3F)c2n1. The number of aryl methyl sites for hydroxylation is 3. The van der Waals surface area contributed by atoms with Crippen LogP contribution in [-0.2, 0) is 4.74 Å². The third-order valence-electron chi connectivity index (χ3n) is 5.25. The van der Waals surface area contributed by atoms with Crippen LogP contribution in [0.5, 0.6) is 0 Å². The van der Waals surface area contributed by atoms with E-state index in [1.54, 1.807) is 53.7 Å². The Balaban J connectivity index is 1.93. The number of hydrogen-bond acceptors (Lipinski definition) is 6. The highest BCUT2D eigenvalue weighted by atomic mass is 19.1. The van der Waals surface area contributed by atoms with Crippen molar-refractivity contribution >= 4 is 22.8 Å². The molecule has 0 spiro atoms. The highest BCUT2D eigenvalue weighted by Crippen LogP contribution is 2.30. The summed E-state index contributed by atoms with van der Waals surface area (Å²) in [7, 11) is 0. The van der Waals surface area contributed by atoms with E-state index in [1.165, 1.54) is 10.6 Å². The van der Waals surface area contributed by atoms with Crippen LogP contribution in [0.2, 0.25) is 0 Å². The molecule has 0 aliphatic heterocycles. The van der Waals surface area contributed by atoms with Gasteiger partial charge in [-0.3, -0.25) is 14.7 Å². The number of hydrogen-bond donors (Lipinski definition) is 1. The summed E-state index contributed by atoms with van der Waals surface area (Å²) < 4.78 is 41.5. The Morgan fingerprint density at radius 3 is 2.43 bits per heavy atom. The van der Waals surface area contributed by atoms with Crippen molar-refractivity contribution in [3.63, 3.8) is 0 Å². The van der Waals surface area contributed by atoms with Crippen molar-refractivity contribution in [1.29, 1.82) is 0 Å². The van der Waals surface area contributed by atoms with Gasteiger partial charge in [-0.05, 0) is 59.7 Å².